The molecule has 27 heavy (non-hydrogen) atoms. The van der Waals surface area contributed by atoms with Crippen molar-refractivity contribution in [1.29, 1.82) is 0 Å². The van der Waals surface area contributed by atoms with E-state index in [1.54, 1.807) is 12.1 Å². The Bertz CT molecular complexity index is 810. The van der Waals surface area contributed by atoms with Crippen molar-refractivity contribution >= 4 is 5.91 Å². The molecule has 1 atom stereocenters. The van der Waals surface area contributed by atoms with Crippen molar-refractivity contribution in [2.75, 3.05) is 19.9 Å². The molecule has 6 heteroatoms. The molecule has 2 aliphatic heterocycles. The predicted octanol–water partition coefficient (Wildman–Crippen LogP) is 3.08. The summed E-state index contributed by atoms with van der Waals surface area (Å²) in [5.41, 5.74) is 2.06. The van der Waals surface area contributed by atoms with Gasteiger partial charge in [0.05, 0.1) is 5.92 Å². The van der Waals surface area contributed by atoms with Gasteiger partial charge in [-0.25, -0.2) is 4.39 Å². The van der Waals surface area contributed by atoms with Crippen LogP contribution in [0.15, 0.2) is 42.5 Å². The molecule has 142 valence electrons. The van der Waals surface area contributed by atoms with Crippen molar-refractivity contribution in [2.45, 2.75) is 25.9 Å². The normalized spacial score (nSPS) is 19.1. The Balaban J connectivity index is 1.29. The molecule has 0 radical (unpaired) electrons. The zero-order valence-electron chi connectivity index (χ0n) is 15.1. The van der Waals surface area contributed by atoms with E-state index in [0.29, 0.717) is 6.54 Å². The number of halogens is 1. The lowest BCUT2D eigenvalue weighted by Gasteiger charge is -2.32. The number of amides is 1. The van der Waals surface area contributed by atoms with Gasteiger partial charge in [-0.1, -0.05) is 18.2 Å². The molecule has 0 aromatic heterocycles. The molecule has 2 heterocycles. The molecule has 0 aliphatic carbocycles. The van der Waals surface area contributed by atoms with Gasteiger partial charge in [0.2, 0.25) is 12.7 Å². The highest BCUT2D eigenvalue weighted by Gasteiger charge is 2.25. The molecule has 0 bridgehead atoms. The number of fused-ring (bicyclic) bond motifs is 1. The van der Waals surface area contributed by atoms with E-state index in [9.17, 15) is 9.18 Å². The third-order valence-electron chi connectivity index (χ3n) is 5.10. The lowest BCUT2D eigenvalue weighted by Crippen LogP contribution is -2.42. The van der Waals surface area contributed by atoms with Crippen LogP contribution < -0.4 is 14.8 Å². The minimum Gasteiger partial charge on any atom is -0.454 e. The fourth-order valence-corrected chi connectivity index (χ4v) is 3.65. The van der Waals surface area contributed by atoms with Crippen LogP contribution in [-0.2, 0) is 17.9 Å². The molecule has 2 aromatic carbocycles. The molecule has 1 N–H and O–H groups in total. The highest BCUT2D eigenvalue weighted by atomic mass is 19.1. The lowest BCUT2D eigenvalue weighted by atomic mass is 9.96. The topological polar surface area (TPSA) is 50.8 Å². The van der Waals surface area contributed by atoms with Gasteiger partial charge in [0.1, 0.15) is 5.82 Å². The van der Waals surface area contributed by atoms with E-state index in [4.69, 9.17) is 9.47 Å². The number of hydrogen-bond donors (Lipinski definition) is 1. The highest BCUT2D eigenvalue weighted by Crippen LogP contribution is 2.32. The summed E-state index contributed by atoms with van der Waals surface area (Å²) in [6, 6.07) is 12.3. The number of likely N-dealkylation sites (tertiary alicyclic amines) is 1. The van der Waals surface area contributed by atoms with Crippen molar-refractivity contribution in [3.05, 3.63) is 59.4 Å². The second-order valence-corrected chi connectivity index (χ2v) is 7.11. The van der Waals surface area contributed by atoms with Gasteiger partial charge in [0.25, 0.3) is 0 Å². The first-order valence-electron chi connectivity index (χ1n) is 9.30. The first-order valence-corrected chi connectivity index (χ1v) is 9.30. The van der Waals surface area contributed by atoms with Crippen LogP contribution in [0.2, 0.25) is 0 Å². The van der Waals surface area contributed by atoms with Crippen LogP contribution in [0, 0.1) is 11.7 Å². The zero-order valence-corrected chi connectivity index (χ0v) is 15.1. The Kier molecular flexibility index (Phi) is 5.25. The number of carbonyl (C=O) groups is 1. The van der Waals surface area contributed by atoms with Gasteiger partial charge in [0.15, 0.2) is 11.5 Å². The van der Waals surface area contributed by atoms with E-state index in [0.717, 1.165) is 55.1 Å². The Morgan fingerprint density at radius 2 is 1.89 bits per heavy atom. The summed E-state index contributed by atoms with van der Waals surface area (Å²) in [5, 5.41) is 3.04. The number of hydrogen-bond acceptors (Lipinski definition) is 4. The fourth-order valence-electron chi connectivity index (χ4n) is 3.65. The highest BCUT2D eigenvalue weighted by molar-refractivity contribution is 5.79. The average molecular weight is 370 g/mol. The summed E-state index contributed by atoms with van der Waals surface area (Å²) < 4.78 is 23.7. The van der Waals surface area contributed by atoms with Gasteiger partial charge < -0.3 is 14.8 Å². The fraction of sp³-hybridized carbons (Fsp3) is 0.381. The molecule has 1 amide bonds. The van der Waals surface area contributed by atoms with Crippen LogP contribution in [0.1, 0.15) is 24.0 Å². The van der Waals surface area contributed by atoms with Crippen molar-refractivity contribution in [1.82, 2.24) is 10.2 Å². The summed E-state index contributed by atoms with van der Waals surface area (Å²) in [5.74, 6) is 1.31. The summed E-state index contributed by atoms with van der Waals surface area (Å²) in [6.45, 7) is 3.15. The first-order chi connectivity index (χ1) is 13.2. The van der Waals surface area contributed by atoms with E-state index < -0.39 is 0 Å². The molecule has 0 saturated carbocycles. The third-order valence-corrected chi connectivity index (χ3v) is 5.10. The minimum atomic E-state index is -0.224. The predicted molar refractivity (Wildman–Crippen MR) is 98.8 cm³/mol. The van der Waals surface area contributed by atoms with Crippen molar-refractivity contribution in [2.24, 2.45) is 5.92 Å². The van der Waals surface area contributed by atoms with Gasteiger partial charge in [0, 0.05) is 19.6 Å². The van der Waals surface area contributed by atoms with Crippen LogP contribution in [0.3, 0.4) is 0 Å². The summed E-state index contributed by atoms with van der Waals surface area (Å²) in [7, 11) is 0. The van der Waals surface area contributed by atoms with Crippen LogP contribution in [0.25, 0.3) is 0 Å². The molecule has 2 aliphatic rings. The number of nitrogens with zero attached hydrogens (tertiary/aromatic N) is 1. The maximum atomic E-state index is 13.0. The van der Waals surface area contributed by atoms with Crippen molar-refractivity contribution in [3.8, 4) is 11.5 Å². The van der Waals surface area contributed by atoms with Crippen LogP contribution in [0.4, 0.5) is 4.39 Å². The molecule has 5 nitrogen and oxygen atoms in total. The van der Waals surface area contributed by atoms with Gasteiger partial charge >= 0.3 is 0 Å². The van der Waals surface area contributed by atoms with Crippen LogP contribution in [-0.4, -0.2) is 30.7 Å². The molecule has 0 spiro atoms. The summed E-state index contributed by atoms with van der Waals surface area (Å²) >= 11 is 0. The van der Waals surface area contributed by atoms with Gasteiger partial charge in [-0.15, -0.1) is 0 Å². The van der Waals surface area contributed by atoms with Gasteiger partial charge in [-0.2, -0.15) is 0 Å². The second-order valence-electron chi connectivity index (χ2n) is 7.11. The van der Waals surface area contributed by atoms with Crippen LogP contribution in [0.5, 0.6) is 11.5 Å². The molecule has 1 saturated heterocycles. The Hall–Kier alpha value is -2.60. The SMILES string of the molecule is O=C(NCc1ccc2c(c1)OCO2)[C@@H]1CCCN(Cc2ccc(F)cc2)C1. The molecule has 4 rings (SSSR count). The third kappa shape index (κ3) is 4.39. The monoisotopic (exact) mass is 370 g/mol. The first kappa shape index (κ1) is 17.8. The smallest absolute Gasteiger partial charge is 0.231 e. The van der Waals surface area contributed by atoms with Crippen molar-refractivity contribution < 1.29 is 18.7 Å². The van der Waals surface area contributed by atoms with E-state index in [-0.39, 0.29) is 24.4 Å². The van der Waals surface area contributed by atoms with Crippen LogP contribution >= 0.6 is 0 Å². The van der Waals surface area contributed by atoms with E-state index in [1.807, 2.05) is 18.2 Å². The van der Waals surface area contributed by atoms with Gasteiger partial charge in [-0.3, -0.25) is 9.69 Å². The average Bonchev–Trinajstić information content (AvgIpc) is 3.16. The standard InChI is InChI=1S/C21H23FN2O3/c22-18-6-3-15(4-7-18)12-24-9-1-2-17(13-24)21(25)23-11-16-5-8-19-20(10-16)27-14-26-19/h3-8,10,17H,1-2,9,11-14H2,(H,23,25)/t17-/m1/s1. The van der Waals surface area contributed by atoms with E-state index in [2.05, 4.69) is 10.2 Å². The number of benzene rings is 2. The molecule has 1 fully saturated rings. The number of ether oxygens (including phenoxy) is 2. The maximum absolute atomic E-state index is 13.0. The minimum absolute atomic E-state index is 0.0202. The quantitative estimate of drug-likeness (QED) is 0.879. The molecule has 2 aromatic rings. The second kappa shape index (κ2) is 7.96. The number of piperidine rings is 1. The summed E-state index contributed by atoms with van der Waals surface area (Å²) in [4.78, 5) is 14.9. The maximum Gasteiger partial charge on any atom is 0.231 e. The molecule has 0 unspecified atom stereocenters. The van der Waals surface area contributed by atoms with E-state index in [1.165, 1.54) is 12.1 Å². The zero-order chi connectivity index (χ0) is 18.6. The Labute approximate surface area is 158 Å². The largest absolute Gasteiger partial charge is 0.454 e. The number of carbonyl (C=O) groups excluding carboxylic acids is 1. The Morgan fingerprint density at radius 1 is 1.11 bits per heavy atom. The molecular formula is C21H23FN2O3. The summed E-state index contributed by atoms with van der Waals surface area (Å²) in [6.07, 6.45) is 1.89. The van der Waals surface area contributed by atoms with E-state index >= 15 is 0 Å². The molecular weight excluding hydrogens is 347 g/mol. The van der Waals surface area contributed by atoms with Crippen molar-refractivity contribution in [3.63, 3.8) is 0 Å². The Morgan fingerprint density at radius 3 is 2.74 bits per heavy atom. The lowest BCUT2D eigenvalue weighted by molar-refractivity contribution is -0.126. The van der Waals surface area contributed by atoms with Gasteiger partial charge in [-0.05, 0) is 54.8 Å². The number of nitrogens with one attached hydrogen (secondary N) is 1. The number of rotatable bonds is 5.